The quantitative estimate of drug-likeness (QED) is 0.858. The summed E-state index contributed by atoms with van der Waals surface area (Å²) in [7, 11) is 0. The third kappa shape index (κ3) is 3.03. The van der Waals surface area contributed by atoms with Crippen LogP contribution in [0.4, 0.5) is 0 Å². The molecule has 1 atom stereocenters. The van der Waals surface area contributed by atoms with Crippen LogP contribution in [-0.4, -0.2) is 19.6 Å². The lowest BCUT2D eigenvalue weighted by molar-refractivity contribution is 0.553. The van der Waals surface area contributed by atoms with Crippen LogP contribution in [0, 0.1) is 0 Å². The predicted octanol–water partition coefficient (Wildman–Crippen LogP) is 2.98. The molecule has 2 heteroatoms. The highest BCUT2D eigenvalue weighted by Gasteiger charge is 2.12. The van der Waals surface area contributed by atoms with Gasteiger partial charge in [-0.15, -0.1) is 0 Å². The molecule has 0 spiro atoms. The van der Waals surface area contributed by atoms with Crippen molar-refractivity contribution in [2.75, 3.05) is 19.6 Å². The van der Waals surface area contributed by atoms with Crippen molar-refractivity contribution in [1.82, 2.24) is 10.6 Å². The van der Waals surface area contributed by atoms with Crippen molar-refractivity contribution in [3.63, 3.8) is 0 Å². The molecule has 1 saturated heterocycles. The molecule has 0 radical (unpaired) electrons. The lowest BCUT2D eigenvalue weighted by Gasteiger charge is -2.16. The first-order valence-corrected chi connectivity index (χ1v) is 7.03. The molecule has 1 aliphatic heterocycles. The van der Waals surface area contributed by atoms with Crippen LogP contribution in [0.5, 0.6) is 0 Å². The van der Waals surface area contributed by atoms with Gasteiger partial charge in [-0.2, -0.15) is 0 Å². The van der Waals surface area contributed by atoms with Crippen molar-refractivity contribution >= 4 is 0 Å². The minimum Gasteiger partial charge on any atom is -0.315 e. The predicted molar refractivity (Wildman–Crippen MR) is 80.1 cm³/mol. The van der Waals surface area contributed by atoms with E-state index in [1.54, 1.807) is 0 Å². The molecule has 19 heavy (non-hydrogen) atoms. The SMILES string of the molecule is c1ccc(-c2ccc(C3CNCCCN3)cc2)cc1. The molecule has 0 aromatic heterocycles. The Labute approximate surface area is 114 Å². The molecule has 1 heterocycles. The van der Waals surface area contributed by atoms with Gasteiger partial charge in [-0.3, -0.25) is 0 Å². The summed E-state index contributed by atoms with van der Waals surface area (Å²) in [5.74, 6) is 0. The highest BCUT2D eigenvalue weighted by atomic mass is 15.0. The summed E-state index contributed by atoms with van der Waals surface area (Å²) in [6.07, 6.45) is 1.21. The van der Waals surface area contributed by atoms with E-state index in [0.717, 1.165) is 19.6 Å². The van der Waals surface area contributed by atoms with Crippen molar-refractivity contribution in [3.8, 4) is 11.1 Å². The van der Waals surface area contributed by atoms with Crippen LogP contribution in [-0.2, 0) is 0 Å². The molecule has 2 aromatic rings. The molecule has 2 nitrogen and oxygen atoms in total. The summed E-state index contributed by atoms with van der Waals surface area (Å²) in [4.78, 5) is 0. The van der Waals surface area contributed by atoms with Gasteiger partial charge in [-0.1, -0.05) is 54.6 Å². The van der Waals surface area contributed by atoms with Gasteiger partial charge >= 0.3 is 0 Å². The van der Waals surface area contributed by atoms with Gasteiger partial charge in [-0.05, 0) is 36.2 Å². The third-order valence-corrected chi connectivity index (χ3v) is 3.69. The second kappa shape index (κ2) is 6.00. The van der Waals surface area contributed by atoms with Crippen molar-refractivity contribution in [3.05, 3.63) is 60.2 Å². The number of hydrogen-bond donors (Lipinski definition) is 2. The monoisotopic (exact) mass is 252 g/mol. The van der Waals surface area contributed by atoms with Crippen LogP contribution >= 0.6 is 0 Å². The van der Waals surface area contributed by atoms with Crippen LogP contribution < -0.4 is 10.6 Å². The number of nitrogens with one attached hydrogen (secondary N) is 2. The van der Waals surface area contributed by atoms with Gasteiger partial charge in [0.25, 0.3) is 0 Å². The minimum atomic E-state index is 0.437. The van der Waals surface area contributed by atoms with E-state index in [1.165, 1.54) is 23.1 Å². The second-order valence-corrected chi connectivity index (χ2v) is 5.05. The average Bonchev–Trinajstić information content (AvgIpc) is 2.77. The Balaban J connectivity index is 1.78. The van der Waals surface area contributed by atoms with E-state index in [2.05, 4.69) is 65.2 Å². The maximum absolute atomic E-state index is 3.59. The van der Waals surface area contributed by atoms with E-state index in [4.69, 9.17) is 0 Å². The number of rotatable bonds is 2. The minimum absolute atomic E-state index is 0.437. The highest BCUT2D eigenvalue weighted by Crippen LogP contribution is 2.22. The molecule has 1 aliphatic rings. The lowest BCUT2D eigenvalue weighted by atomic mass is 10.0. The van der Waals surface area contributed by atoms with Crippen LogP contribution in [0.25, 0.3) is 11.1 Å². The topological polar surface area (TPSA) is 24.1 Å². The fourth-order valence-electron chi connectivity index (χ4n) is 2.58. The van der Waals surface area contributed by atoms with Gasteiger partial charge in [0.05, 0.1) is 0 Å². The van der Waals surface area contributed by atoms with Crippen LogP contribution in [0.3, 0.4) is 0 Å². The zero-order valence-electron chi connectivity index (χ0n) is 11.1. The summed E-state index contributed by atoms with van der Waals surface area (Å²) >= 11 is 0. The molecule has 0 aliphatic carbocycles. The fourth-order valence-corrected chi connectivity index (χ4v) is 2.58. The number of hydrogen-bond acceptors (Lipinski definition) is 2. The first-order chi connectivity index (χ1) is 9.43. The van der Waals surface area contributed by atoms with Gasteiger partial charge in [-0.25, -0.2) is 0 Å². The molecule has 2 aromatic carbocycles. The molecule has 0 amide bonds. The molecule has 0 saturated carbocycles. The van der Waals surface area contributed by atoms with Crippen LogP contribution in [0.15, 0.2) is 54.6 Å². The van der Waals surface area contributed by atoms with E-state index in [0.29, 0.717) is 6.04 Å². The maximum atomic E-state index is 3.59. The molecular formula is C17H20N2. The van der Waals surface area contributed by atoms with Crippen LogP contribution in [0.1, 0.15) is 18.0 Å². The Morgan fingerprint density at radius 1 is 0.789 bits per heavy atom. The lowest BCUT2D eigenvalue weighted by Crippen LogP contribution is -2.27. The Kier molecular flexibility index (Phi) is 3.92. The Hall–Kier alpha value is -1.64. The zero-order chi connectivity index (χ0) is 12.9. The van der Waals surface area contributed by atoms with E-state index < -0.39 is 0 Å². The smallest absolute Gasteiger partial charge is 0.0446 e. The van der Waals surface area contributed by atoms with Gasteiger partial charge in [0.15, 0.2) is 0 Å². The highest BCUT2D eigenvalue weighted by molar-refractivity contribution is 5.63. The summed E-state index contributed by atoms with van der Waals surface area (Å²) in [6.45, 7) is 3.23. The third-order valence-electron chi connectivity index (χ3n) is 3.69. The molecule has 3 rings (SSSR count). The zero-order valence-corrected chi connectivity index (χ0v) is 11.1. The first-order valence-electron chi connectivity index (χ1n) is 7.03. The second-order valence-electron chi connectivity index (χ2n) is 5.05. The van der Waals surface area contributed by atoms with E-state index in [1.807, 2.05) is 0 Å². The van der Waals surface area contributed by atoms with E-state index >= 15 is 0 Å². The normalized spacial score (nSPS) is 19.9. The van der Waals surface area contributed by atoms with Gasteiger partial charge in [0.2, 0.25) is 0 Å². The summed E-state index contributed by atoms with van der Waals surface area (Å²) in [5.41, 5.74) is 3.93. The summed E-state index contributed by atoms with van der Waals surface area (Å²) in [5, 5.41) is 7.07. The van der Waals surface area contributed by atoms with Gasteiger partial charge in [0, 0.05) is 12.6 Å². The molecule has 98 valence electrons. The Morgan fingerprint density at radius 3 is 2.32 bits per heavy atom. The summed E-state index contributed by atoms with van der Waals surface area (Å²) in [6, 6.07) is 19.9. The Bertz CT molecular complexity index is 497. The van der Waals surface area contributed by atoms with E-state index in [9.17, 15) is 0 Å². The van der Waals surface area contributed by atoms with Crippen molar-refractivity contribution in [2.45, 2.75) is 12.5 Å². The number of benzene rings is 2. The molecule has 2 N–H and O–H groups in total. The molecule has 1 fully saturated rings. The fraction of sp³-hybridized carbons (Fsp3) is 0.294. The molecule has 1 unspecified atom stereocenters. The van der Waals surface area contributed by atoms with Crippen molar-refractivity contribution in [1.29, 1.82) is 0 Å². The van der Waals surface area contributed by atoms with Crippen LogP contribution in [0.2, 0.25) is 0 Å². The van der Waals surface area contributed by atoms with Crippen molar-refractivity contribution < 1.29 is 0 Å². The van der Waals surface area contributed by atoms with E-state index in [-0.39, 0.29) is 0 Å². The average molecular weight is 252 g/mol. The van der Waals surface area contributed by atoms with Crippen molar-refractivity contribution in [2.24, 2.45) is 0 Å². The standard InChI is InChI=1S/C17H20N2/c1-2-5-14(6-3-1)15-7-9-16(10-8-15)17-13-18-11-4-12-19-17/h1-3,5-10,17-19H,4,11-13H2. The Morgan fingerprint density at radius 2 is 1.53 bits per heavy atom. The molecule has 0 bridgehead atoms. The first kappa shape index (κ1) is 12.4. The van der Waals surface area contributed by atoms with Gasteiger partial charge < -0.3 is 10.6 Å². The maximum Gasteiger partial charge on any atom is 0.0446 e. The molecular weight excluding hydrogens is 232 g/mol. The summed E-state index contributed by atoms with van der Waals surface area (Å²) < 4.78 is 0. The largest absolute Gasteiger partial charge is 0.315 e. The van der Waals surface area contributed by atoms with Gasteiger partial charge in [0.1, 0.15) is 0 Å².